The minimum Gasteiger partial charge on any atom is -0.281 e. The third-order valence-corrected chi connectivity index (χ3v) is 3.49. The molecule has 0 bridgehead atoms. The van der Waals surface area contributed by atoms with Crippen molar-refractivity contribution >= 4 is 34.9 Å². The first-order chi connectivity index (χ1) is 10.3. The smallest absolute Gasteiger partial charge is 0.271 e. The summed E-state index contributed by atoms with van der Waals surface area (Å²) in [6.45, 7) is 1.66. The van der Waals surface area contributed by atoms with E-state index in [0.29, 0.717) is 11.5 Å². The highest BCUT2D eigenvalue weighted by Gasteiger charge is 2.17. The van der Waals surface area contributed by atoms with E-state index in [1.807, 2.05) is 6.07 Å². The van der Waals surface area contributed by atoms with Gasteiger partial charge in [0.15, 0.2) is 5.82 Å². The van der Waals surface area contributed by atoms with Crippen molar-refractivity contribution in [1.29, 1.82) is 5.26 Å². The van der Waals surface area contributed by atoms with Crippen LogP contribution in [-0.4, -0.2) is 15.7 Å². The Morgan fingerprint density at radius 3 is 2.73 bits per heavy atom. The Morgan fingerprint density at radius 1 is 1.41 bits per heavy atom. The molecule has 9 heteroatoms. The van der Waals surface area contributed by atoms with E-state index in [2.05, 4.69) is 16.0 Å². The molecular weight excluding hydrogens is 332 g/mol. The number of nitrogens with zero attached hydrogens (tertiary/aromatic N) is 3. The molecule has 22 heavy (non-hydrogen) atoms. The van der Waals surface area contributed by atoms with E-state index in [0.717, 1.165) is 12.1 Å². The van der Waals surface area contributed by atoms with Gasteiger partial charge in [0.1, 0.15) is 17.4 Å². The van der Waals surface area contributed by atoms with Gasteiger partial charge in [0.05, 0.1) is 21.3 Å². The quantitative estimate of drug-likeness (QED) is 0.664. The first-order valence-electron chi connectivity index (χ1n) is 5.99. The zero-order valence-corrected chi connectivity index (χ0v) is 13.1. The van der Waals surface area contributed by atoms with Gasteiger partial charge < -0.3 is 0 Å². The van der Waals surface area contributed by atoms with Crippen LogP contribution in [0.4, 0.5) is 10.2 Å². The Bertz CT molecular complexity index is 797. The Labute approximate surface area is 135 Å². The average molecular weight is 342 g/mol. The zero-order valence-electron chi connectivity index (χ0n) is 11.5. The summed E-state index contributed by atoms with van der Waals surface area (Å²) in [6.07, 6.45) is 0. The SMILES string of the molecule is Cc1nn(C)c(NNC(=O)c2cc(F)c(Cl)cc2Cl)c1C#N. The molecule has 0 spiro atoms. The maximum atomic E-state index is 13.4. The molecule has 0 aliphatic rings. The van der Waals surface area contributed by atoms with Crippen LogP contribution in [0.1, 0.15) is 21.6 Å². The summed E-state index contributed by atoms with van der Waals surface area (Å²) in [5.41, 5.74) is 5.62. The van der Waals surface area contributed by atoms with Crippen molar-refractivity contribution in [2.45, 2.75) is 6.92 Å². The lowest BCUT2D eigenvalue weighted by Crippen LogP contribution is -2.31. The van der Waals surface area contributed by atoms with E-state index in [4.69, 9.17) is 28.5 Å². The summed E-state index contributed by atoms with van der Waals surface area (Å²) in [7, 11) is 1.61. The predicted molar refractivity (Wildman–Crippen MR) is 80.2 cm³/mol. The van der Waals surface area contributed by atoms with Crippen molar-refractivity contribution in [3.8, 4) is 6.07 Å². The highest BCUT2D eigenvalue weighted by Crippen LogP contribution is 2.24. The van der Waals surface area contributed by atoms with E-state index in [1.54, 1.807) is 14.0 Å². The van der Waals surface area contributed by atoms with Crippen LogP contribution < -0.4 is 10.9 Å². The number of anilines is 1. The number of halogens is 3. The maximum Gasteiger partial charge on any atom is 0.271 e. The second-order valence-electron chi connectivity index (χ2n) is 4.37. The molecule has 0 fully saturated rings. The first kappa shape index (κ1) is 16.1. The molecule has 0 radical (unpaired) electrons. The topological polar surface area (TPSA) is 82.7 Å². The molecule has 6 nitrogen and oxygen atoms in total. The number of hydrogen-bond donors (Lipinski definition) is 2. The standard InChI is InChI=1S/C13H10Cl2FN5O/c1-6-8(5-17)12(21(2)20-6)18-19-13(22)7-3-11(16)10(15)4-9(7)14/h3-4,18H,1-2H3,(H,19,22). The fraction of sp³-hybridized carbons (Fsp3) is 0.154. The van der Waals surface area contributed by atoms with Crippen LogP contribution in [0.15, 0.2) is 12.1 Å². The van der Waals surface area contributed by atoms with Crippen molar-refractivity contribution in [3.05, 3.63) is 44.8 Å². The summed E-state index contributed by atoms with van der Waals surface area (Å²) in [4.78, 5) is 12.0. The monoisotopic (exact) mass is 341 g/mol. The van der Waals surface area contributed by atoms with Crippen LogP contribution in [0, 0.1) is 24.1 Å². The summed E-state index contributed by atoms with van der Waals surface area (Å²) < 4.78 is 14.8. The van der Waals surface area contributed by atoms with E-state index < -0.39 is 11.7 Å². The molecular formula is C13H10Cl2FN5O. The second kappa shape index (κ2) is 6.22. The molecule has 0 aliphatic carbocycles. The molecule has 2 aromatic rings. The lowest BCUT2D eigenvalue weighted by molar-refractivity contribution is 0.0962. The van der Waals surface area contributed by atoms with Crippen LogP contribution >= 0.6 is 23.2 Å². The first-order valence-corrected chi connectivity index (χ1v) is 6.75. The molecule has 2 N–H and O–H groups in total. The Balaban J connectivity index is 2.21. The van der Waals surface area contributed by atoms with Gasteiger partial charge in [-0.3, -0.25) is 20.3 Å². The molecule has 2 rings (SSSR count). The van der Waals surface area contributed by atoms with Gasteiger partial charge in [-0.15, -0.1) is 0 Å². The number of hydrogen-bond acceptors (Lipinski definition) is 4. The molecule has 0 saturated heterocycles. The third-order valence-electron chi connectivity index (χ3n) is 2.88. The van der Waals surface area contributed by atoms with Crippen LogP contribution in [0.3, 0.4) is 0 Å². The summed E-state index contributed by atoms with van der Waals surface area (Å²) in [5.74, 6) is -1.13. The number of benzene rings is 1. The van der Waals surface area contributed by atoms with E-state index in [1.165, 1.54) is 4.68 Å². The third kappa shape index (κ3) is 2.98. The highest BCUT2D eigenvalue weighted by molar-refractivity contribution is 6.36. The molecule has 1 amide bonds. The number of nitrogens with one attached hydrogen (secondary N) is 2. The van der Waals surface area contributed by atoms with Crippen molar-refractivity contribution in [2.75, 3.05) is 5.43 Å². The van der Waals surface area contributed by atoms with Gasteiger partial charge in [-0.2, -0.15) is 10.4 Å². The van der Waals surface area contributed by atoms with Gasteiger partial charge in [0.2, 0.25) is 0 Å². The molecule has 0 saturated carbocycles. The zero-order chi connectivity index (χ0) is 16.4. The lowest BCUT2D eigenvalue weighted by Gasteiger charge is -2.10. The van der Waals surface area contributed by atoms with Crippen molar-refractivity contribution in [1.82, 2.24) is 15.2 Å². The minimum absolute atomic E-state index is 0.00685. The summed E-state index contributed by atoms with van der Waals surface area (Å²) in [5, 5.41) is 12.9. The summed E-state index contributed by atoms with van der Waals surface area (Å²) in [6, 6.07) is 4.05. The van der Waals surface area contributed by atoms with Gasteiger partial charge in [-0.25, -0.2) is 4.39 Å². The molecule has 1 heterocycles. The van der Waals surface area contributed by atoms with Crippen LogP contribution in [0.5, 0.6) is 0 Å². The van der Waals surface area contributed by atoms with Crippen molar-refractivity contribution in [2.24, 2.45) is 7.05 Å². The normalized spacial score (nSPS) is 10.2. The second-order valence-corrected chi connectivity index (χ2v) is 5.18. The number of hydrazine groups is 1. The van der Waals surface area contributed by atoms with Crippen LogP contribution in [-0.2, 0) is 7.05 Å². The van der Waals surface area contributed by atoms with Crippen molar-refractivity contribution < 1.29 is 9.18 Å². The molecule has 0 aliphatic heterocycles. The van der Waals surface area contributed by atoms with Crippen LogP contribution in [0.25, 0.3) is 0 Å². The average Bonchev–Trinajstić information content (AvgIpc) is 2.73. The van der Waals surface area contributed by atoms with Gasteiger partial charge in [0.25, 0.3) is 5.91 Å². The predicted octanol–water partition coefficient (Wildman–Crippen LogP) is 2.80. The van der Waals surface area contributed by atoms with E-state index in [-0.39, 0.29) is 21.2 Å². The largest absolute Gasteiger partial charge is 0.281 e. The Morgan fingerprint density at radius 2 is 2.09 bits per heavy atom. The number of aromatic nitrogens is 2. The number of nitriles is 1. The molecule has 0 unspecified atom stereocenters. The number of aryl methyl sites for hydroxylation is 2. The van der Waals surface area contributed by atoms with Gasteiger partial charge in [-0.05, 0) is 19.1 Å². The van der Waals surface area contributed by atoms with Crippen LogP contribution in [0.2, 0.25) is 10.0 Å². The minimum atomic E-state index is -0.759. The van der Waals surface area contributed by atoms with Gasteiger partial charge >= 0.3 is 0 Å². The Kier molecular flexibility index (Phi) is 4.54. The summed E-state index contributed by atoms with van der Waals surface area (Å²) >= 11 is 11.4. The lowest BCUT2D eigenvalue weighted by atomic mass is 10.2. The number of carbonyl (C=O) groups excluding carboxylic acids is 1. The molecule has 0 atom stereocenters. The number of amides is 1. The maximum absolute atomic E-state index is 13.4. The fourth-order valence-corrected chi connectivity index (χ4v) is 2.28. The van der Waals surface area contributed by atoms with E-state index >= 15 is 0 Å². The fourth-order valence-electron chi connectivity index (χ4n) is 1.82. The van der Waals surface area contributed by atoms with Crippen molar-refractivity contribution in [3.63, 3.8) is 0 Å². The molecule has 1 aromatic heterocycles. The number of rotatable bonds is 3. The Hall–Kier alpha value is -2.30. The van der Waals surface area contributed by atoms with Gasteiger partial charge in [0, 0.05) is 7.05 Å². The molecule has 114 valence electrons. The number of carbonyl (C=O) groups is 1. The molecule has 1 aromatic carbocycles. The van der Waals surface area contributed by atoms with Gasteiger partial charge in [-0.1, -0.05) is 23.2 Å². The van der Waals surface area contributed by atoms with E-state index in [9.17, 15) is 9.18 Å². The highest BCUT2D eigenvalue weighted by atomic mass is 35.5.